The zero-order valence-electron chi connectivity index (χ0n) is 11.4. The Hall–Kier alpha value is -1.13. The minimum absolute atomic E-state index is 0.411. The maximum atomic E-state index is 4.34. The summed E-state index contributed by atoms with van der Waals surface area (Å²) in [6.45, 7) is 3.15. The van der Waals surface area contributed by atoms with Gasteiger partial charge in [-0.3, -0.25) is 0 Å². The van der Waals surface area contributed by atoms with Crippen LogP contribution in [0, 0.1) is 0 Å². The first-order valence-corrected chi connectivity index (χ1v) is 7.45. The van der Waals surface area contributed by atoms with Gasteiger partial charge < -0.3 is 9.88 Å². The van der Waals surface area contributed by atoms with Gasteiger partial charge in [0.15, 0.2) is 0 Å². The third kappa shape index (κ3) is 3.91. The van der Waals surface area contributed by atoms with E-state index in [0.29, 0.717) is 6.04 Å². The van der Waals surface area contributed by atoms with Crippen molar-refractivity contribution in [3.63, 3.8) is 0 Å². The van der Waals surface area contributed by atoms with Crippen LogP contribution < -0.4 is 5.32 Å². The summed E-state index contributed by atoms with van der Waals surface area (Å²) in [6, 6.07) is 8.95. The van der Waals surface area contributed by atoms with Crippen molar-refractivity contribution in [1.29, 1.82) is 0 Å². The number of nitrogens with zero attached hydrogens (tertiary/aromatic N) is 2. The van der Waals surface area contributed by atoms with Crippen LogP contribution in [0.4, 0.5) is 0 Å². The molecule has 0 amide bonds. The number of hydrogen-bond donors (Lipinski definition) is 1. The van der Waals surface area contributed by atoms with Crippen molar-refractivity contribution in [2.75, 3.05) is 6.54 Å². The smallest absolute Gasteiger partial charge is 0.109 e. The van der Waals surface area contributed by atoms with Gasteiger partial charge in [-0.25, -0.2) is 4.98 Å². The van der Waals surface area contributed by atoms with Gasteiger partial charge in [0.25, 0.3) is 0 Å². The number of rotatable bonds is 6. The quantitative estimate of drug-likeness (QED) is 0.883. The number of nitrogens with one attached hydrogen (secondary N) is 1. The lowest BCUT2D eigenvalue weighted by Crippen LogP contribution is -2.24. The third-order valence-corrected chi connectivity index (χ3v) is 3.87. The lowest BCUT2D eigenvalue weighted by molar-refractivity contribution is 0.515. The van der Waals surface area contributed by atoms with Crippen molar-refractivity contribution in [3.05, 3.63) is 52.5 Å². The zero-order chi connectivity index (χ0) is 13.7. The van der Waals surface area contributed by atoms with Crippen molar-refractivity contribution in [2.24, 2.45) is 7.05 Å². The summed E-state index contributed by atoms with van der Waals surface area (Å²) in [5.74, 6) is 1.12. The second-order valence-electron chi connectivity index (χ2n) is 4.67. The molecule has 0 saturated heterocycles. The molecule has 0 saturated carbocycles. The Labute approximate surface area is 123 Å². The van der Waals surface area contributed by atoms with Crippen molar-refractivity contribution in [1.82, 2.24) is 14.9 Å². The molecule has 1 N–H and O–H groups in total. The predicted molar refractivity (Wildman–Crippen MR) is 82.1 cm³/mol. The summed E-state index contributed by atoms with van der Waals surface area (Å²) in [7, 11) is 2.04. The molecule has 0 aliphatic carbocycles. The molecule has 2 rings (SSSR count). The largest absolute Gasteiger partial charge is 0.338 e. The van der Waals surface area contributed by atoms with Gasteiger partial charge in [0, 0.05) is 42.9 Å². The first kappa shape index (κ1) is 14.3. The van der Waals surface area contributed by atoms with Crippen LogP contribution in [0.2, 0.25) is 0 Å². The second-order valence-corrected chi connectivity index (χ2v) is 5.59. The molecule has 0 bridgehead atoms. The molecule has 1 aromatic heterocycles. The molecule has 1 unspecified atom stereocenters. The maximum Gasteiger partial charge on any atom is 0.109 e. The number of aromatic nitrogens is 2. The molecule has 102 valence electrons. The highest BCUT2D eigenvalue weighted by Gasteiger charge is 2.08. The van der Waals surface area contributed by atoms with Gasteiger partial charge in [-0.15, -0.1) is 0 Å². The van der Waals surface area contributed by atoms with Crippen molar-refractivity contribution < 1.29 is 0 Å². The number of hydrogen-bond acceptors (Lipinski definition) is 2. The molecule has 1 aromatic carbocycles. The van der Waals surface area contributed by atoms with Crippen molar-refractivity contribution in [2.45, 2.75) is 25.8 Å². The summed E-state index contributed by atoms with van der Waals surface area (Å²) in [4.78, 5) is 4.34. The van der Waals surface area contributed by atoms with E-state index in [4.69, 9.17) is 0 Å². The second kappa shape index (κ2) is 6.87. The molecule has 0 fully saturated rings. The average molecular weight is 322 g/mol. The summed E-state index contributed by atoms with van der Waals surface area (Å²) >= 11 is 3.47. The van der Waals surface area contributed by atoms with Gasteiger partial charge in [-0.1, -0.05) is 35.0 Å². The van der Waals surface area contributed by atoms with Gasteiger partial charge in [-0.2, -0.15) is 0 Å². The van der Waals surface area contributed by atoms with E-state index in [1.165, 1.54) is 5.56 Å². The van der Waals surface area contributed by atoms with Gasteiger partial charge in [-0.05, 0) is 24.1 Å². The van der Waals surface area contributed by atoms with Crippen LogP contribution in [0.3, 0.4) is 0 Å². The van der Waals surface area contributed by atoms with E-state index >= 15 is 0 Å². The van der Waals surface area contributed by atoms with Gasteiger partial charge in [0.2, 0.25) is 0 Å². The van der Waals surface area contributed by atoms with Gasteiger partial charge in [0.1, 0.15) is 5.82 Å². The Bertz CT molecular complexity index is 504. The molecule has 0 aliphatic heterocycles. The van der Waals surface area contributed by atoms with E-state index in [-0.39, 0.29) is 0 Å². The van der Waals surface area contributed by atoms with Crippen LogP contribution in [0.25, 0.3) is 0 Å². The fourth-order valence-corrected chi connectivity index (χ4v) is 2.45. The van der Waals surface area contributed by atoms with E-state index in [0.717, 1.165) is 29.7 Å². The normalized spacial score (nSPS) is 12.6. The predicted octanol–water partition coefficient (Wildman–Crippen LogP) is 3.47. The monoisotopic (exact) mass is 321 g/mol. The summed E-state index contributed by atoms with van der Waals surface area (Å²) in [5.41, 5.74) is 1.34. The highest BCUT2D eigenvalue weighted by Crippen LogP contribution is 2.19. The molecular weight excluding hydrogens is 302 g/mol. The number of imidazole rings is 1. The molecule has 0 radical (unpaired) electrons. The van der Waals surface area contributed by atoms with Crippen LogP contribution in [-0.2, 0) is 13.5 Å². The molecule has 4 heteroatoms. The van der Waals surface area contributed by atoms with E-state index in [2.05, 4.69) is 62.0 Å². The van der Waals surface area contributed by atoms with Crippen LogP contribution in [0.1, 0.15) is 30.8 Å². The SMILES string of the molecule is CCC(NCCc1nccn1C)c1ccc(Br)cc1. The molecule has 2 aromatic rings. The summed E-state index contributed by atoms with van der Waals surface area (Å²) in [5, 5.41) is 3.60. The van der Waals surface area contributed by atoms with E-state index < -0.39 is 0 Å². The average Bonchev–Trinajstić information content (AvgIpc) is 2.82. The summed E-state index contributed by atoms with van der Waals surface area (Å²) < 4.78 is 3.20. The van der Waals surface area contributed by atoms with Crippen molar-refractivity contribution in [3.8, 4) is 0 Å². The topological polar surface area (TPSA) is 29.9 Å². The van der Waals surface area contributed by atoms with Crippen LogP contribution >= 0.6 is 15.9 Å². The van der Waals surface area contributed by atoms with Crippen LogP contribution in [0.5, 0.6) is 0 Å². The number of aryl methyl sites for hydroxylation is 1. The molecular formula is C15H20BrN3. The lowest BCUT2D eigenvalue weighted by atomic mass is 10.0. The fourth-order valence-electron chi connectivity index (χ4n) is 2.19. The molecule has 19 heavy (non-hydrogen) atoms. The Kier molecular flexibility index (Phi) is 5.16. The highest BCUT2D eigenvalue weighted by molar-refractivity contribution is 9.10. The Balaban J connectivity index is 1.89. The number of benzene rings is 1. The van der Waals surface area contributed by atoms with Crippen molar-refractivity contribution >= 4 is 15.9 Å². The summed E-state index contributed by atoms with van der Waals surface area (Å²) in [6.07, 6.45) is 5.88. The zero-order valence-corrected chi connectivity index (χ0v) is 13.0. The minimum atomic E-state index is 0.411. The first-order valence-electron chi connectivity index (χ1n) is 6.65. The first-order chi connectivity index (χ1) is 9.20. The molecule has 1 heterocycles. The molecule has 0 spiro atoms. The fraction of sp³-hybridized carbons (Fsp3) is 0.400. The lowest BCUT2D eigenvalue weighted by Gasteiger charge is -2.17. The van der Waals surface area contributed by atoms with E-state index in [9.17, 15) is 0 Å². The minimum Gasteiger partial charge on any atom is -0.338 e. The third-order valence-electron chi connectivity index (χ3n) is 3.34. The van der Waals surface area contributed by atoms with Crippen LogP contribution in [0.15, 0.2) is 41.1 Å². The standard InChI is InChI=1S/C15H20BrN3/c1-3-14(12-4-6-13(16)7-5-12)17-9-8-15-18-10-11-19(15)2/h4-7,10-11,14,17H,3,8-9H2,1-2H3. The van der Waals surface area contributed by atoms with Gasteiger partial charge >= 0.3 is 0 Å². The Morgan fingerprint density at radius 2 is 2.05 bits per heavy atom. The maximum absolute atomic E-state index is 4.34. The van der Waals surface area contributed by atoms with E-state index in [1.54, 1.807) is 0 Å². The highest BCUT2D eigenvalue weighted by atomic mass is 79.9. The Morgan fingerprint density at radius 3 is 2.63 bits per heavy atom. The van der Waals surface area contributed by atoms with Gasteiger partial charge in [0.05, 0.1) is 0 Å². The van der Waals surface area contributed by atoms with Crippen LogP contribution in [-0.4, -0.2) is 16.1 Å². The molecule has 1 atom stereocenters. The molecule has 0 aliphatic rings. The van der Waals surface area contributed by atoms with E-state index in [1.807, 2.05) is 19.4 Å². The Morgan fingerprint density at radius 1 is 1.32 bits per heavy atom. The molecule has 3 nitrogen and oxygen atoms in total. The number of halogens is 1.